The summed E-state index contributed by atoms with van der Waals surface area (Å²) in [7, 11) is -5.17. The first-order valence-electron chi connectivity index (χ1n) is 1.76. The molecule has 0 aliphatic rings. The fourth-order valence-corrected chi connectivity index (χ4v) is 0. The number of hydrogen-bond donors (Lipinski definition) is 2. The minimum atomic E-state index is -5.17. The van der Waals surface area contributed by atoms with E-state index in [0.29, 0.717) is 0 Å². The van der Waals surface area contributed by atoms with Crippen LogP contribution in [0.4, 0.5) is 0 Å². The molecule has 0 aromatic rings. The predicted octanol–water partition coefficient (Wildman–Crippen LogP) is -1.44. The molecule has 0 amide bonds. The van der Waals surface area contributed by atoms with Crippen LogP contribution >= 0.6 is 0 Å². The molecule has 8 N–H and O–H groups in total. The van der Waals surface area contributed by atoms with Gasteiger partial charge in [-0.1, -0.05) is 0 Å². The smallest absolute Gasteiger partial charge is 0.759 e. The molecular formula is H8CaN4O10S. The molecule has 0 aliphatic carbocycles. The van der Waals surface area contributed by atoms with Gasteiger partial charge >= 0.3 is 37.7 Å². The summed E-state index contributed by atoms with van der Waals surface area (Å²) in [5.41, 5.74) is 0. The molecule has 96 valence electrons. The maximum atomic E-state index is 8.52. The molecule has 0 saturated carbocycles. The molecule has 16 heteroatoms. The second kappa shape index (κ2) is 19.9. The minimum Gasteiger partial charge on any atom is -0.759 e. The Balaban J connectivity index is -0.0000000216. The van der Waals surface area contributed by atoms with Crippen LogP contribution in [0.5, 0.6) is 0 Å². The van der Waals surface area contributed by atoms with Gasteiger partial charge in [-0.05, 0) is 0 Å². The molecule has 14 nitrogen and oxygen atoms in total. The molecule has 0 bridgehead atoms. The van der Waals surface area contributed by atoms with Crippen LogP contribution in [0.25, 0.3) is 0 Å². The Hall–Kier alpha value is -0.550. The van der Waals surface area contributed by atoms with E-state index in [1.165, 1.54) is 0 Å². The van der Waals surface area contributed by atoms with Gasteiger partial charge in [0.1, 0.15) is 0 Å². The average Bonchev–Trinajstić information content (AvgIpc) is 1.50. The van der Waals surface area contributed by atoms with Gasteiger partial charge in [0.2, 0.25) is 0 Å². The van der Waals surface area contributed by atoms with Gasteiger partial charge in [-0.2, -0.15) is 0 Å². The summed E-state index contributed by atoms with van der Waals surface area (Å²) in [5, 5.41) is 29.5. The molecule has 0 unspecified atom stereocenters. The standard InChI is InChI=1S/Ca.2NO3.2H3N.H2O4S/c;2*2-1(3)4;;;1-5(2,3)4/h;;;2*1H3;(H2,1,2,3,4)/q+2;2*-1;;;. The van der Waals surface area contributed by atoms with Gasteiger partial charge < -0.3 is 52.0 Å². The number of quaternary nitrogens is 2. The molecule has 0 atom stereocenters. The monoisotopic (exact) mass is 296 g/mol. The SMILES string of the molecule is O=S(=O)([O-])[O-].O=[N+]([O-])[O-].O=[N+]([O-])[O-].[Ca+2].[NH4+].[NH4+]. The molecule has 0 rings (SSSR count). The van der Waals surface area contributed by atoms with Crippen molar-refractivity contribution >= 4 is 48.1 Å². The molecule has 0 aromatic carbocycles. The summed E-state index contributed by atoms with van der Waals surface area (Å²) in [6, 6.07) is 0. The zero-order valence-corrected chi connectivity index (χ0v) is 11.1. The zero-order valence-electron chi connectivity index (χ0n) is 8.09. The Morgan fingerprint density at radius 2 is 0.750 bits per heavy atom. The van der Waals surface area contributed by atoms with Crippen LogP contribution in [0.3, 0.4) is 0 Å². The van der Waals surface area contributed by atoms with E-state index in [9.17, 15) is 0 Å². The molecule has 0 radical (unpaired) electrons. The van der Waals surface area contributed by atoms with Crippen molar-refractivity contribution < 1.29 is 27.7 Å². The van der Waals surface area contributed by atoms with Crippen LogP contribution < -0.4 is 12.3 Å². The normalized spacial score (nSPS) is 6.62. The van der Waals surface area contributed by atoms with E-state index in [2.05, 4.69) is 0 Å². The van der Waals surface area contributed by atoms with Crippen molar-refractivity contribution in [2.75, 3.05) is 0 Å². The van der Waals surface area contributed by atoms with Crippen LogP contribution in [0.15, 0.2) is 0 Å². The number of hydrogen-bond acceptors (Lipinski definition) is 10. The van der Waals surface area contributed by atoms with Gasteiger partial charge in [0.25, 0.3) is 0 Å². The first kappa shape index (κ1) is 36.1. The van der Waals surface area contributed by atoms with Crippen molar-refractivity contribution in [1.82, 2.24) is 12.3 Å². The van der Waals surface area contributed by atoms with Gasteiger partial charge in [-0.25, -0.2) is 0 Å². The summed E-state index contributed by atoms with van der Waals surface area (Å²) < 4.78 is 34.1. The van der Waals surface area contributed by atoms with E-state index in [0.717, 1.165) is 0 Å². The Bertz CT molecular complexity index is 218. The van der Waals surface area contributed by atoms with Gasteiger partial charge in [-0.3, -0.25) is 8.42 Å². The van der Waals surface area contributed by atoms with Crippen LogP contribution in [-0.4, -0.2) is 65.4 Å². The van der Waals surface area contributed by atoms with Crippen LogP contribution in [-0.2, 0) is 10.4 Å². The van der Waals surface area contributed by atoms with Crippen molar-refractivity contribution in [1.29, 1.82) is 0 Å². The van der Waals surface area contributed by atoms with Gasteiger partial charge in [0.05, 0.1) is 10.2 Å². The maximum absolute atomic E-state index is 8.52. The summed E-state index contributed by atoms with van der Waals surface area (Å²) in [5.74, 6) is 0. The summed E-state index contributed by atoms with van der Waals surface area (Å²) in [6.07, 6.45) is 0. The quantitative estimate of drug-likeness (QED) is 0.172. The largest absolute Gasteiger partial charge is 2.00 e. The van der Waals surface area contributed by atoms with Gasteiger partial charge in [-0.15, -0.1) is 0 Å². The number of rotatable bonds is 0. The van der Waals surface area contributed by atoms with Crippen LogP contribution in [0, 0.1) is 30.6 Å². The van der Waals surface area contributed by atoms with Crippen molar-refractivity contribution in [3.8, 4) is 0 Å². The third kappa shape index (κ3) is 6880. The average molecular weight is 296 g/mol. The summed E-state index contributed by atoms with van der Waals surface area (Å²) in [6.45, 7) is 0. The van der Waals surface area contributed by atoms with E-state index in [4.69, 9.17) is 48.2 Å². The van der Waals surface area contributed by atoms with E-state index in [1.54, 1.807) is 0 Å². The Morgan fingerprint density at radius 3 is 0.750 bits per heavy atom. The van der Waals surface area contributed by atoms with E-state index >= 15 is 0 Å². The summed E-state index contributed by atoms with van der Waals surface area (Å²) in [4.78, 5) is 16.5. The van der Waals surface area contributed by atoms with Gasteiger partial charge in [0, 0.05) is 10.4 Å². The molecule has 0 spiro atoms. The van der Waals surface area contributed by atoms with Crippen LogP contribution in [0.2, 0.25) is 0 Å². The van der Waals surface area contributed by atoms with Crippen molar-refractivity contribution in [3.63, 3.8) is 0 Å². The fourth-order valence-electron chi connectivity index (χ4n) is 0. The predicted molar refractivity (Wildman–Crippen MR) is 48.9 cm³/mol. The topological polar surface area (TPSA) is 286 Å². The summed E-state index contributed by atoms with van der Waals surface area (Å²) >= 11 is 0. The van der Waals surface area contributed by atoms with Crippen LogP contribution in [0.1, 0.15) is 0 Å². The van der Waals surface area contributed by atoms with Crippen molar-refractivity contribution in [2.45, 2.75) is 0 Å². The first-order valence-corrected chi connectivity index (χ1v) is 3.10. The number of nitrogens with zero attached hydrogens (tertiary/aromatic N) is 2. The van der Waals surface area contributed by atoms with Crippen molar-refractivity contribution in [3.05, 3.63) is 30.6 Å². The molecule has 0 saturated heterocycles. The molecular weight excluding hydrogens is 288 g/mol. The molecule has 0 fully saturated rings. The van der Waals surface area contributed by atoms with Crippen molar-refractivity contribution in [2.24, 2.45) is 0 Å². The molecule has 0 aromatic heterocycles. The fraction of sp³-hybridized carbons (Fsp3) is 0. The van der Waals surface area contributed by atoms with E-state index in [1.807, 2.05) is 0 Å². The third-order valence-corrected chi connectivity index (χ3v) is 0. The second-order valence-corrected chi connectivity index (χ2v) is 1.67. The minimum absolute atomic E-state index is 0. The molecule has 16 heavy (non-hydrogen) atoms. The van der Waals surface area contributed by atoms with Gasteiger partial charge in [0.15, 0.2) is 0 Å². The Morgan fingerprint density at radius 1 is 0.750 bits per heavy atom. The van der Waals surface area contributed by atoms with E-state index < -0.39 is 20.6 Å². The third-order valence-electron chi connectivity index (χ3n) is 0. The van der Waals surface area contributed by atoms with E-state index in [-0.39, 0.29) is 50.0 Å². The molecule has 0 heterocycles. The second-order valence-electron chi connectivity index (χ2n) is 0.855. The Kier molecular flexibility index (Phi) is 45.0. The zero-order chi connectivity index (χ0) is 11.7. The Labute approximate surface area is 118 Å². The first-order chi connectivity index (χ1) is 5.46. The molecule has 0 aliphatic heterocycles. The maximum Gasteiger partial charge on any atom is 2.00 e.